The van der Waals surface area contributed by atoms with E-state index < -0.39 is 5.54 Å². The van der Waals surface area contributed by atoms with Crippen LogP contribution in [0.15, 0.2) is 0 Å². The van der Waals surface area contributed by atoms with Gasteiger partial charge in [-0.15, -0.1) is 0 Å². The van der Waals surface area contributed by atoms with E-state index in [-0.39, 0.29) is 5.97 Å². The van der Waals surface area contributed by atoms with Crippen LogP contribution in [0, 0.1) is 11.8 Å². The van der Waals surface area contributed by atoms with Crippen LogP contribution in [0.5, 0.6) is 0 Å². The number of hydrogen-bond donors (Lipinski definition) is 1. The Morgan fingerprint density at radius 1 is 1.62 bits per heavy atom. The lowest BCUT2D eigenvalue weighted by Crippen LogP contribution is -2.53. The molecule has 2 rings (SSSR count). The molecule has 2 bridgehead atoms. The minimum atomic E-state index is -0.640. The van der Waals surface area contributed by atoms with E-state index in [4.69, 9.17) is 10.5 Å². The molecule has 0 spiro atoms. The number of hydrogen-bond acceptors (Lipinski definition) is 3. The van der Waals surface area contributed by atoms with Crippen molar-refractivity contribution in [3.8, 4) is 0 Å². The standard InChI is InChI=1S/C10H17NO2/c1-2-13-9(12)10(11)6-7-3-4-8(10)5-7/h7-8H,2-6,11H2,1H3/t7-,8+,10+/m0/s1. The minimum absolute atomic E-state index is 0.179. The first-order valence-corrected chi connectivity index (χ1v) is 5.13. The third-order valence-electron chi connectivity index (χ3n) is 3.55. The molecule has 0 radical (unpaired) electrons. The van der Waals surface area contributed by atoms with E-state index >= 15 is 0 Å². The number of rotatable bonds is 2. The topological polar surface area (TPSA) is 52.3 Å². The number of carbonyl (C=O) groups is 1. The van der Waals surface area contributed by atoms with Gasteiger partial charge in [0.2, 0.25) is 0 Å². The van der Waals surface area contributed by atoms with Crippen LogP contribution in [0.4, 0.5) is 0 Å². The summed E-state index contributed by atoms with van der Waals surface area (Å²) in [6.07, 6.45) is 4.34. The monoisotopic (exact) mass is 183 g/mol. The van der Waals surface area contributed by atoms with Gasteiger partial charge in [-0.2, -0.15) is 0 Å². The fourth-order valence-corrected chi connectivity index (χ4v) is 2.89. The maximum absolute atomic E-state index is 11.6. The van der Waals surface area contributed by atoms with Gasteiger partial charge in [-0.1, -0.05) is 6.42 Å². The summed E-state index contributed by atoms with van der Waals surface area (Å²) in [5.74, 6) is 0.887. The summed E-state index contributed by atoms with van der Waals surface area (Å²) in [5, 5.41) is 0. The van der Waals surface area contributed by atoms with Crippen molar-refractivity contribution in [1.82, 2.24) is 0 Å². The van der Waals surface area contributed by atoms with Crippen molar-refractivity contribution >= 4 is 5.97 Å². The minimum Gasteiger partial charge on any atom is -0.465 e. The van der Waals surface area contributed by atoms with Gasteiger partial charge in [-0.05, 0) is 38.0 Å². The Morgan fingerprint density at radius 2 is 2.38 bits per heavy atom. The first-order valence-electron chi connectivity index (χ1n) is 5.13. The molecule has 74 valence electrons. The molecule has 2 saturated carbocycles. The summed E-state index contributed by atoms with van der Waals surface area (Å²) in [4.78, 5) is 11.6. The lowest BCUT2D eigenvalue weighted by Gasteiger charge is -2.30. The molecule has 3 nitrogen and oxygen atoms in total. The third kappa shape index (κ3) is 1.26. The van der Waals surface area contributed by atoms with E-state index in [1.165, 1.54) is 6.42 Å². The molecule has 0 aliphatic heterocycles. The van der Waals surface area contributed by atoms with Crippen LogP contribution in [-0.4, -0.2) is 18.1 Å². The first kappa shape index (κ1) is 9.00. The Bertz CT molecular complexity index is 229. The highest BCUT2D eigenvalue weighted by Gasteiger charge is 2.53. The molecule has 2 aliphatic rings. The molecule has 0 heterocycles. The fraction of sp³-hybridized carbons (Fsp3) is 0.900. The second-order valence-electron chi connectivity index (χ2n) is 4.34. The number of nitrogens with two attached hydrogens (primary N) is 1. The molecular weight excluding hydrogens is 166 g/mol. The number of ether oxygens (including phenoxy) is 1. The number of fused-ring (bicyclic) bond motifs is 2. The van der Waals surface area contributed by atoms with Crippen molar-refractivity contribution in [3.63, 3.8) is 0 Å². The number of esters is 1. The maximum atomic E-state index is 11.6. The average molecular weight is 183 g/mol. The van der Waals surface area contributed by atoms with E-state index in [9.17, 15) is 4.79 Å². The van der Waals surface area contributed by atoms with Gasteiger partial charge in [0, 0.05) is 0 Å². The summed E-state index contributed by atoms with van der Waals surface area (Å²) in [7, 11) is 0. The van der Waals surface area contributed by atoms with Gasteiger partial charge in [0.05, 0.1) is 6.61 Å². The van der Waals surface area contributed by atoms with Crippen LogP contribution < -0.4 is 5.73 Å². The van der Waals surface area contributed by atoms with Crippen LogP contribution >= 0.6 is 0 Å². The zero-order valence-corrected chi connectivity index (χ0v) is 8.08. The van der Waals surface area contributed by atoms with Crippen molar-refractivity contribution in [2.75, 3.05) is 6.61 Å². The number of carbonyl (C=O) groups excluding carboxylic acids is 1. The van der Waals surface area contributed by atoms with Gasteiger partial charge in [-0.3, -0.25) is 4.79 Å². The molecule has 0 amide bonds. The molecule has 0 aromatic carbocycles. The van der Waals surface area contributed by atoms with Gasteiger partial charge in [0.1, 0.15) is 5.54 Å². The summed E-state index contributed by atoms with van der Waals surface area (Å²) in [6.45, 7) is 2.27. The predicted octanol–water partition coefficient (Wildman–Crippen LogP) is 1.07. The van der Waals surface area contributed by atoms with Crippen LogP contribution in [0.1, 0.15) is 32.6 Å². The van der Waals surface area contributed by atoms with Crippen LogP contribution in [-0.2, 0) is 9.53 Å². The zero-order chi connectivity index (χ0) is 9.47. The summed E-state index contributed by atoms with van der Waals surface area (Å²) >= 11 is 0. The molecule has 3 heteroatoms. The van der Waals surface area contributed by atoms with E-state index in [2.05, 4.69) is 0 Å². The second kappa shape index (κ2) is 2.98. The molecule has 0 aromatic heterocycles. The molecular formula is C10H17NO2. The SMILES string of the molecule is CCOC(=O)[C@@]1(N)C[C@H]2CC[C@@H]1C2. The van der Waals surface area contributed by atoms with E-state index in [0.29, 0.717) is 18.4 Å². The van der Waals surface area contributed by atoms with E-state index in [0.717, 1.165) is 19.3 Å². The smallest absolute Gasteiger partial charge is 0.326 e. The quantitative estimate of drug-likeness (QED) is 0.651. The van der Waals surface area contributed by atoms with Gasteiger partial charge < -0.3 is 10.5 Å². The zero-order valence-electron chi connectivity index (χ0n) is 8.08. The molecule has 0 saturated heterocycles. The van der Waals surface area contributed by atoms with Crippen LogP contribution in [0.2, 0.25) is 0 Å². The molecule has 2 fully saturated rings. The van der Waals surface area contributed by atoms with Crippen molar-refractivity contribution < 1.29 is 9.53 Å². The highest BCUT2D eigenvalue weighted by molar-refractivity contribution is 5.81. The normalized spacial score (nSPS) is 42.3. The maximum Gasteiger partial charge on any atom is 0.326 e. The Balaban J connectivity index is 2.08. The van der Waals surface area contributed by atoms with Gasteiger partial charge in [0.15, 0.2) is 0 Å². The van der Waals surface area contributed by atoms with Gasteiger partial charge in [0.25, 0.3) is 0 Å². The first-order chi connectivity index (χ1) is 6.16. The molecule has 13 heavy (non-hydrogen) atoms. The Labute approximate surface area is 78.6 Å². The van der Waals surface area contributed by atoms with Crippen LogP contribution in [0.3, 0.4) is 0 Å². The highest BCUT2D eigenvalue weighted by atomic mass is 16.5. The Kier molecular flexibility index (Phi) is 2.06. The lowest BCUT2D eigenvalue weighted by atomic mass is 9.82. The molecule has 2 N–H and O–H groups in total. The predicted molar refractivity (Wildman–Crippen MR) is 49.0 cm³/mol. The lowest BCUT2D eigenvalue weighted by molar-refractivity contribution is -0.151. The largest absolute Gasteiger partial charge is 0.465 e. The van der Waals surface area contributed by atoms with Gasteiger partial charge in [-0.25, -0.2) is 0 Å². The van der Waals surface area contributed by atoms with E-state index in [1.54, 1.807) is 0 Å². The van der Waals surface area contributed by atoms with Crippen molar-refractivity contribution in [3.05, 3.63) is 0 Å². The average Bonchev–Trinajstić information content (AvgIpc) is 2.64. The van der Waals surface area contributed by atoms with Crippen molar-refractivity contribution in [1.29, 1.82) is 0 Å². The van der Waals surface area contributed by atoms with E-state index in [1.807, 2.05) is 6.92 Å². The molecule has 0 unspecified atom stereocenters. The Hall–Kier alpha value is -0.570. The van der Waals surface area contributed by atoms with Gasteiger partial charge >= 0.3 is 5.97 Å². The second-order valence-corrected chi connectivity index (χ2v) is 4.34. The summed E-state index contributed by atoms with van der Waals surface area (Å²) in [6, 6.07) is 0. The Morgan fingerprint density at radius 3 is 2.85 bits per heavy atom. The summed E-state index contributed by atoms with van der Waals surface area (Å²) < 4.78 is 5.02. The fourth-order valence-electron chi connectivity index (χ4n) is 2.89. The summed E-state index contributed by atoms with van der Waals surface area (Å²) in [5.41, 5.74) is 5.46. The van der Waals surface area contributed by atoms with Crippen molar-refractivity contribution in [2.24, 2.45) is 17.6 Å². The molecule has 2 aliphatic carbocycles. The van der Waals surface area contributed by atoms with Crippen molar-refractivity contribution in [2.45, 2.75) is 38.1 Å². The van der Waals surface area contributed by atoms with Crippen LogP contribution in [0.25, 0.3) is 0 Å². The molecule has 3 atom stereocenters. The highest BCUT2D eigenvalue weighted by Crippen LogP contribution is 2.49. The third-order valence-corrected chi connectivity index (χ3v) is 3.55. The molecule has 0 aromatic rings.